The van der Waals surface area contributed by atoms with Crippen LogP contribution in [0, 0.1) is 0 Å². The van der Waals surface area contributed by atoms with Crippen molar-refractivity contribution >= 4 is 29.9 Å². The van der Waals surface area contributed by atoms with Gasteiger partial charge in [0.2, 0.25) is 5.91 Å². The SMILES string of the molecule is CNC(=O)C1CCCCN1C(=O)c1ccc(N)cc1.Cl. The summed E-state index contributed by atoms with van der Waals surface area (Å²) >= 11 is 0. The molecule has 2 amide bonds. The number of rotatable bonds is 2. The first-order chi connectivity index (χ1) is 9.13. The van der Waals surface area contributed by atoms with E-state index in [1.165, 1.54) is 0 Å². The molecule has 1 aliphatic heterocycles. The van der Waals surface area contributed by atoms with Crippen molar-refractivity contribution in [1.82, 2.24) is 10.2 Å². The molecule has 1 aromatic rings. The minimum absolute atomic E-state index is 0. The fourth-order valence-corrected chi connectivity index (χ4v) is 2.41. The summed E-state index contributed by atoms with van der Waals surface area (Å²) in [4.78, 5) is 25.9. The number of hydrogen-bond donors (Lipinski definition) is 2. The van der Waals surface area contributed by atoms with Gasteiger partial charge >= 0.3 is 0 Å². The van der Waals surface area contributed by atoms with Crippen LogP contribution in [0.25, 0.3) is 0 Å². The summed E-state index contributed by atoms with van der Waals surface area (Å²) in [6.07, 6.45) is 2.64. The lowest BCUT2D eigenvalue weighted by atomic mass is 10.00. The van der Waals surface area contributed by atoms with Crippen molar-refractivity contribution in [3.8, 4) is 0 Å². The Bertz CT molecular complexity index is 476. The average molecular weight is 298 g/mol. The Balaban J connectivity index is 0.00000200. The highest BCUT2D eigenvalue weighted by atomic mass is 35.5. The third-order valence-corrected chi connectivity index (χ3v) is 3.47. The van der Waals surface area contributed by atoms with Crippen LogP contribution >= 0.6 is 12.4 Å². The van der Waals surface area contributed by atoms with Crippen molar-refractivity contribution in [2.45, 2.75) is 25.3 Å². The van der Waals surface area contributed by atoms with Crippen LogP contribution < -0.4 is 11.1 Å². The van der Waals surface area contributed by atoms with Gasteiger partial charge in [0.15, 0.2) is 0 Å². The van der Waals surface area contributed by atoms with Crippen molar-refractivity contribution in [3.63, 3.8) is 0 Å². The lowest BCUT2D eigenvalue weighted by Crippen LogP contribution is -2.51. The third-order valence-electron chi connectivity index (χ3n) is 3.47. The zero-order valence-electron chi connectivity index (χ0n) is 11.5. The number of nitrogens with one attached hydrogen (secondary N) is 1. The lowest BCUT2D eigenvalue weighted by molar-refractivity contribution is -0.126. The van der Waals surface area contributed by atoms with Crippen LogP contribution in [0.2, 0.25) is 0 Å². The second-order valence-electron chi connectivity index (χ2n) is 4.75. The van der Waals surface area contributed by atoms with Gasteiger partial charge in [0, 0.05) is 24.8 Å². The van der Waals surface area contributed by atoms with Gasteiger partial charge in [0.25, 0.3) is 5.91 Å². The molecule has 1 saturated heterocycles. The van der Waals surface area contributed by atoms with Gasteiger partial charge in [-0.1, -0.05) is 0 Å². The Labute approximate surface area is 124 Å². The quantitative estimate of drug-likeness (QED) is 0.811. The minimum atomic E-state index is -0.358. The molecular formula is C14H20ClN3O2. The number of benzene rings is 1. The van der Waals surface area contributed by atoms with Crippen molar-refractivity contribution in [3.05, 3.63) is 29.8 Å². The van der Waals surface area contributed by atoms with E-state index in [-0.39, 0.29) is 30.3 Å². The van der Waals surface area contributed by atoms with Crippen molar-refractivity contribution in [1.29, 1.82) is 0 Å². The number of anilines is 1. The number of nitrogen functional groups attached to an aromatic ring is 1. The number of halogens is 1. The number of piperidine rings is 1. The molecule has 2 rings (SSSR count). The molecule has 1 atom stereocenters. The summed E-state index contributed by atoms with van der Waals surface area (Å²) in [5.41, 5.74) is 6.81. The third kappa shape index (κ3) is 3.42. The summed E-state index contributed by atoms with van der Waals surface area (Å²) in [6, 6.07) is 6.45. The molecule has 0 saturated carbocycles. The molecule has 110 valence electrons. The molecule has 0 bridgehead atoms. The molecule has 0 spiro atoms. The maximum absolute atomic E-state index is 12.4. The topological polar surface area (TPSA) is 75.4 Å². The van der Waals surface area contributed by atoms with E-state index in [1.807, 2.05) is 0 Å². The van der Waals surface area contributed by atoms with E-state index in [2.05, 4.69) is 5.32 Å². The molecule has 1 aromatic carbocycles. The molecule has 1 fully saturated rings. The summed E-state index contributed by atoms with van der Waals surface area (Å²) in [6.45, 7) is 0.626. The lowest BCUT2D eigenvalue weighted by Gasteiger charge is -2.34. The predicted octanol–water partition coefficient (Wildman–Crippen LogP) is 1.43. The first-order valence-corrected chi connectivity index (χ1v) is 6.51. The Morgan fingerprint density at radius 2 is 1.90 bits per heavy atom. The van der Waals surface area contributed by atoms with Gasteiger partial charge in [-0.05, 0) is 43.5 Å². The molecule has 5 nitrogen and oxygen atoms in total. The molecule has 1 unspecified atom stereocenters. The largest absolute Gasteiger partial charge is 0.399 e. The average Bonchev–Trinajstić information content (AvgIpc) is 2.46. The van der Waals surface area contributed by atoms with Crippen LogP contribution in [0.4, 0.5) is 5.69 Å². The van der Waals surface area contributed by atoms with Crippen LogP contribution in [-0.2, 0) is 4.79 Å². The van der Waals surface area contributed by atoms with Gasteiger partial charge in [0.05, 0.1) is 0 Å². The van der Waals surface area contributed by atoms with Gasteiger partial charge in [-0.2, -0.15) is 0 Å². The number of likely N-dealkylation sites (tertiary alicyclic amines) is 1. The monoisotopic (exact) mass is 297 g/mol. The van der Waals surface area contributed by atoms with E-state index in [4.69, 9.17) is 5.73 Å². The Morgan fingerprint density at radius 1 is 1.25 bits per heavy atom. The van der Waals surface area contributed by atoms with Crippen molar-refractivity contribution < 1.29 is 9.59 Å². The molecular weight excluding hydrogens is 278 g/mol. The number of carbonyl (C=O) groups is 2. The fraction of sp³-hybridized carbons (Fsp3) is 0.429. The van der Waals surface area contributed by atoms with E-state index < -0.39 is 0 Å². The second kappa shape index (κ2) is 7.14. The minimum Gasteiger partial charge on any atom is -0.399 e. The maximum atomic E-state index is 12.4. The number of likely N-dealkylation sites (N-methyl/N-ethyl adjacent to an activating group) is 1. The number of carbonyl (C=O) groups excluding carboxylic acids is 2. The van der Waals surface area contributed by atoms with E-state index >= 15 is 0 Å². The Morgan fingerprint density at radius 3 is 2.50 bits per heavy atom. The number of amides is 2. The number of nitrogens with zero attached hydrogens (tertiary/aromatic N) is 1. The molecule has 1 heterocycles. The zero-order valence-corrected chi connectivity index (χ0v) is 12.3. The molecule has 0 aromatic heterocycles. The highest BCUT2D eigenvalue weighted by molar-refractivity contribution is 5.97. The summed E-state index contributed by atoms with van der Waals surface area (Å²) in [7, 11) is 1.60. The van der Waals surface area contributed by atoms with E-state index in [0.717, 1.165) is 19.3 Å². The van der Waals surface area contributed by atoms with Crippen LogP contribution in [0.3, 0.4) is 0 Å². The van der Waals surface area contributed by atoms with Gasteiger partial charge < -0.3 is 16.0 Å². The molecule has 20 heavy (non-hydrogen) atoms. The van der Waals surface area contributed by atoms with Crippen LogP contribution in [0.5, 0.6) is 0 Å². The first kappa shape index (κ1) is 16.3. The van der Waals surface area contributed by atoms with Crippen molar-refractivity contribution in [2.24, 2.45) is 0 Å². The summed E-state index contributed by atoms with van der Waals surface area (Å²) < 4.78 is 0. The van der Waals surface area contributed by atoms with Crippen LogP contribution in [0.15, 0.2) is 24.3 Å². The van der Waals surface area contributed by atoms with Crippen molar-refractivity contribution in [2.75, 3.05) is 19.3 Å². The standard InChI is InChI=1S/C14H19N3O2.ClH/c1-16-13(18)12-4-2-3-9-17(12)14(19)10-5-7-11(15)8-6-10;/h5-8,12H,2-4,9,15H2,1H3,(H,16,18);1H. The first-order valence-electron chi connectivity index (χ1n) is 6.51. The fourth-order valence-electron chi connectivity index (χ4n) is 2.41. The molecule has 1 aliphatic rings. The molecule has 3 N–H and O–H groups in total. The highest BCUT2D eigenvalue weighted by Crippen LogP contribution is 2.20. The van der Waals surface area contributed by atoms with Gasteiger partial charge in [-0.15, -0.1) is 12.4 Å². The normalized spacial score (nSPS) is 18.1. The summed E-state index contributed by atoms with van der Waals surface area (Å²) in [5, 5.41) is 2.63. The second-order valence-corrected chi connectivity index (χ2v) is 4.75. The van der Waals surface area contributed by atoms with Gasteiger partial charge in [-0.25, -0.2) is 0 Å². The van der Waals surface area contributed by atoms with E-state index in [9.17, 15) is 9.59 Å². The Hall–Kier alpha value is -1.75. The van der Waals surface area contributed by atoms with Gasteiger partial charge in [-0.3, -0.25) is 9.59 Å². The molecule has 6 heteroatoms. The number of hydrogen-bond acceptors (Lipinski definition) is 3. The zero-order chi connectivity index (χ0) is 13.8. The van der Waals surface area contributed by atoms with Crippen LogP contribution in [0.1, 0.15) is 29.6 Å². The molecule has 0 aliphatic carbocycles. The predicted molar refractivity (Wildman–Crippen MR) is 80.8 cm³/mol. The molecule has 0 radical (unpaired) electrons. The van der Waals surface area contributed by atoms with Crippen LogP contribution in [-0.4, -0.2) is 36.3 Å². The smallest absolute Gasteiger partial charge is 0.254 e. The van der Waals surface area contributed by atoms with E-state index in [1.54, 1.807) is 36.2 Å². The Kier molecular flexibility index (Phi) is 5.82. The summed E-state index contributed by atoms with van der Waals surface area (Å²) in [5.74, 6) is -0.197. The number of nitrogens with two attached hydrogens (primary N) is 1. The highest BCUT2D eigenvalue weighted by Gasteiger charge is 2.31. The maximum Gasteiger partial charge on any atom is 0.254 e. The van der Waals surface area contributed by atoms with E-state index in [0.29, 0.717) is 17.8 Å². The van der Waals surface area contributed by atoms with Gasteiger partial charge in [0.1, 0.15) is 6.04 Å².